The van der Waals surface area contributed by atoms with E-state index < -0.39 is 0 Å². The van der Waals surface area contributed by atoms with Gasteiger partial charge in [0.2, 0.25) is 0 Å². The highest BCUT2D eigenvalue weighted by Gasteiger charge is 2.15. The number of aromatic nitrogens is 1. The molecule has 120 valence electrons. The van der Waals surface area contributed by atoms with Crippen molar-refractivity contribution in [2.75, 3.05) is 24.5 Å². The number of pyridine rings is 1. The summed E-state index contributed by atoms with van der Waals surface area (Å²) in [7, 11) is 0. The number of hydrogen-bond acceptors (Lipinski definition) is 3. The molecule has 3 heteroatoms. The largest absolute Gasteiger partial charge is 0.356 e. The summed E-state index contributed by atoms with van der Waals surface area (Å²) in [6.07, 6.45) is 0. The predicted octanol–water partition coefficient (Wildman–Crippen LogP) is 3.93. The first kappa shape index (κ1) is 18.0. The van der Waals surface area contributed by atoms with Gasteiger partial charge in [0.15, 0.2) is 0 Å². The summed E-state index contributed by atoms with van der Waals surface area (Å²) < 4.78 is 0. The van der Waals surface area contributed by atoms with Crippen LogP contribution in [0.1, 0.15) is 51.4 Å². The Morgan fingerprint density at radius 3 is 2.33 bits per heavy atom. The van der Waals surface area contributed by atoms with E-state index in [0.717, 1.165) is 31.9 Å². The Hall–Kier alpha value is -1.09. The van der Waals surface area contributed by atoms with Gasteiger partial charge in [0.25, 0.3) is 0 Å². The number of nitrogens with one attached hydrogen (secondary N) is 1. The number of hydrogen-bond donors (Lipinski definition) is 1. The minimum Gasteiger partial charge on any atom is -0.356 e. The molecule has 1 N–H and O–H groups in total. The lowest BCUT2D eigenvalue weighted by atomic mass is 10.1. The van der Waals surface area contributed by atoms with E-state index in [2.05, 4.69) is 64.7 Å². The Balaban J connectivity index is 3.03. The molecule has 0 aliphatic carbocycles. The van der Waals surface area contributed by atoms with Crippen molar-refractivity contribution in [2.24, 2.45) is 11.8 Å². The van der Waals surface area contributed by atoms with Crippen molar-refractivity contribution < 1.29 is 0 Å². The van der Waals surface area contributed by atoms with Crippen LogP contribution in [0.3, 0.4) is 0 Å². The number of aryl methyl sites for hydroxylation is 2. The monoisotopic (exact) mass is 291 g/mol. The SMILES string of the molecule is CCN(CC(C)C)c1nc(C)cc(C)c1CNCC(C)C. The Morgan fingerprint density at radius 1 is 1.14 bits per heavy atom. The number of nitrogens with zero attached hydrogens (tertiary/aromatic N) is 2. The predicted molar refractivity (Wildman–Crippen MR) is 93.0 cm³/mol. The molecule has 0 radical (unpaired) electrons. The van der Waals surface area contributed by atoms with Gasteiger partial charge in [0, 0.05) is 30.9 Å². The molecule has 0 bridgehead atoms. The zero-order valence-corrected chi connectivity index (χ0v) is 15.0. The zero-order chi connectivity index (χ0) is 16.0. The van der Waals surface area contributed by atoms with Gasteiger partial charge in [0.05, 0.1) is 0 Å². The van der Waals surface area contributed by atoms with Gasteiger partial charge in [-0.1, -0.05) is 27.7 Å². The first-order valence-electron chi connectivity index (χ1n) is 8.27. The van der Waals surface area contributed by atoms with Crippen molar-refractivity contribution in [1.82, 2.24) is 10.3 Å². The molecular weight excluding hydrogens is 258 g/mol. The molecule has 0 aliphatic rings. The maximum absolute atomic E-state index is 4.84. The van der Waals surface area contributed by atoms with Crippen LogP contribution in [0.2, 0.25) is 0 Å². The Labute approximate surface area is 131 Å². The molecule has 21 heavy (non-hydrogen) atoms. The molecule has 1 aromatic heterocycles. The van der Waals surface area contributed by atoms with Gasteiger partial charge in [-0.2, -0.15) is 0 Å². The van der Waals surface area contributed by atoms with Crippen molar-refractivity contribution in [3.8, 4) is 0 Å². The summed E-state index contributed by atoms with van der Waals surface area (Å²) in [4.78, 5) is 7.26. The highest BCUT2D eigenvalue weighted by atomic mass is 15.2. The van der Waals surface area contributed by atoms with Crippen molar-refractivity contribution in [2.45, 2.75) is 55.0 Å². The van der Waals surface area contributed by atoms with E-state index in [9.17, 15) is 0 Å². The number of rotatable bonds is 8. The van der Waals surface area contributed by atoms with Gasteiger partial charge >= 0.3 is 0 Å². The van der Waals surface area contributed by atoms with E-state index in [1.54, 1.807) is 0 Å². The third kappa shape index (κ3) is 5.66. The minimum atomic E-state index is 0.643. The maximum atomic E-state index is 4.84. The van der Waals surface area contributed by atoms with Gasteiger partial charge in [0.1, 0.15) is 5.82 Å². The van der Waals surface area contributed by atoms with Crippen LogP contribution in [0.15, 0.2) is 6.07 Å². The van der Waals surface area contributed by atoms with Crippen LogP contribution in [0.25, 0.3) is 0 Å². The van der Waals surface area contributed by atoms with Crippen LogP contribution in [0.5, 0.6) is 0 Å². The van der Waals surface area contributed by atoms with Crippen LogP contribution >= 0.6 is 0 Å². The molecule has 0 aromatic carbocycles. The Morgan fingerprint density at radius 2 is 1.81 bits per heavy atom. The maximum Gasteiger partial charge on any atom is 0.133 e. The molecular formula is C18H33N3. The fraction of sp³-hybridized carbons (Fsp3) is 0.722. The van der Waals surface area contributed by atoms with Gasteiger partial charge in [-0.05, 0) is 50.8 Å². The van der Waals surface area contributed by atoms with Gasteiger partial charge in [-0.15, -0.1) is 0 Å². The standard InChI is InChI=1S/C18H33N3/c1-8-21(12-14(4)5)18-17(11-19-10-13(2)3)15(6)9-16(7)20-18/h9,13-14,19H,8,10-12H2,1-7H3. The summed E-state index contributed by atoms with van der Waals surface area (Å²) in [6, 6.07) is 2.19. The van der Waals surface area contributed by atoms with E-state index in [1.165, 1.54) is 16.9 Å². The fourth-order valence-corrected chi connectivity index (χ4v) is 2.62. The minimum absolute atomic E-state index is 0.643. The summed E-state index contributed by atoms with van der Waals surface area (Å²) in [5, 5.41) is 3.57. The lowest BCUT2D eigenvalue weighted by Gasteiger charge is -2.28. The molecule has 0 saturated heterocycles. The highest BCUT2D eigenvalue weighted by molar-refractivity contribution is 5.51. The van der Waals surface area contributed by atoms with Gasteiger partial charge in [-0.3, -0.25) is 0 Å². The summed E-state index contributed by atoms with van der Waals surface area (Å²) in [5.41, 5.74) is 3.80. The topological polar surface area (TPSA) is 28.2 Å². The zero-order valence-electron chi connectivity index (χ0n) is 15.0. The normalized spacial score (nSPS) is 11.5. The second-order valence-corrected chi connectivity index (χ2v) is 6.84. The third-order valence-electron chi connectivity index (χ3n) is 3.57. The van der Waals surface area contributed by atoms with E-state index in [-0.39, 0.29) is 0 Å². The lowest BCUT2D eigenvalue weighted by Crippen LogP contribution is -2.31. The summed E-state index contributed by atoms with van der Waals surface area (Å²) in [6.45, 7) is 19.5. The van der Waals surface area contributed by atoms with E-state index >= 15 is 0 Å². The molecule has 0 unspecified atom stereocenters. The van der Waals surface area contributed by atoms with Crippen LogP contribution in [0, 0.1) is 25.7 Å². The van der Waals surface area contributed by atoms with Crippen molar-refractivity contribution in [3.05, 3.63) is 22.9 Å². The van der Waals surface area contributed by atoms with Crippen molar-refractivity contribution >= 4 is 5.82 Å². The van der Waals surface area contributed by atoms with Crippen LogP contribution in [-0.4, -0.2) is 24.6 Å². The first-order chi connectivity index (χ1) is 9.85. The second kappa shape index (κ2) is 8.38. The molecule has 1 rings (SSSR count). The third-order valence-corrected chi connectivity index (χ3v) is 3.57. The molecule has 0 fully saturated rings. The molecule has 0 amide bonds. The first-order valence-corrected chi connectivity index (χ1v) is 8.27. The Kier molecular flexibility index (Phi) is 7.16. The number of anilines is 1. The molecule has 0 saturated carbocycles. The van der Waals surface area contributed by atoms with Crippen LogP contribution in [-0.2, 0) is 6.54 Å². The smallest absolute Gasteiger partial charge is 0.133 e. The average Bonchev–Trinajstić information content (AvgIpc) is 2.37. The molecule has 0 spiro atoms. The average molecular weight is 291 g/mol. The second-order valence-electron chi connectivity index (χ2n) is 6.84. The molecule has 1 heterocycles. The van der Waals surface area contributed by atoms with Crippen molar-refractivity contribution in [3.63, 3.8) is 0 Å². The van der Waals surface area contributed by atoms with Gasteiger partial charge in [-0.25, -0.2) is 4.98 Å². The Bertz CT molecular complexity index is 438. The van der Waals surface area contributed by atoms with E-state index in [0.29, 0.717) is 11.8 Å². The van der Waals surface area contributed by atoms with Crippen LogP contribution in [0.4, 0.5) is 5.82 Å². The molecule has 3 nitrogen and oxygen atoms in total. The highest BCUT2D eigenvalue weighted by Crippen LogP contribution is 2.23. The van der Waals surface area contributed by atoms with Crippen molar-refractivity contribution in [1.29, 1.82) is 0 Å². The molecule has 1 aromatic rings. The quantitative estimate of drug-likeness (QED) is 0.786. The van der Waals surface area contributed by atoms with E-state index in [1.807, 2.05) is 0 Å². The fourth-order valence-electron chi connectivity index (χ4n) is 2.62. The van der Waals surface area contributed by atoms with Gasteiger partial charge < -0.3 is 10.2 Å². The molecule has 0 atom stereocenters. The summed E-state index contributed by atoms with van der Waals surface area (Å²) >= 11 is 0. The lowest BCUT2D eigenvalue weighted by molar-refractivity contribution is 0.548. The van der Waals surface area contributed by atoms with E-state index in [4.69, 9.17) is 4.98 Å². The van der Waals surface area contributed by atoms with Crippen LogP contribution < -0.4 is 10.2 Å². The molecule has 0 aliphatic heterocycles. The summed E-state index contributed by atoms with van der Waals surface area (Å²) in [5.74, 6) is 2.48.